The van der Waals surface area contributed by atoms with Crippen molar-refractivity contribution in [1.29, 1.82) is 0 Å². The summed E-state index contributed by atoms with van der Waals surface area (Å²) >= 11 is 0. The Balaban J connectivity index is 1.21. The van der Waals surface area contributed by atoms with E-state index in [4.69, 9.17) is 9.05 Å². The van der Waals surface area contributed by atoms with Gasteiger partial charge in [-0.2, -0.15) is 4.98 Å². The molecule has 29 heavy (non-hydrogen) atoms. The van der Waals surface area contributed by atoms with E-state index in [2.05, 4.69) is 20.3 Å². The van der Waals surface area contributed by atoms with Gasteiger partial charge in [-0.05, 0) is 37.1 Å². The van der Waals surface area contributed by atoms with Gasteiger partial charge in [0.05, 0.1) is 6.42 Å². The Hall–Kier alpha value is -3.55. The fourth-order valence-corrected chi connectivity index (χ4v) is 3.70. The molecular weight excluding hydrogens is 370 g/mol. The summed E-state index contributed by atoms with van der Waals surface area (Å²) in [6.45, 7) is 1.31. The number of nitrogens with zero attached hydrogens (tertiary/aromatic N) is 5. The molecule has 0 unspecified atom stereocenters. The first kappa shape index (κ1) is 17.5. The van der Waals surface area contributed by atoms with Crippen LogP contribution in [-0.4, -0.2) is 44.2 Å². The second-order valence-electron chi connectivity index (χ2n) is 7.13. The number of rotatable bonds is 4. The first-order chi connectivity index (χ1) is 14.3. The van der Waals surface area contributed by atoms with Crippen molar-refractivity contribution >= 4 is 16.9 Å². The number of likely N-dealkylation sites (tertiary alicyclic amines) is 1. The monoisotopic (exact) mass is 389 g/mol. The fourth-order valence-electron chi connectivity index (χ4n) is 3.70. The van der Waals surface area contributed by atoms with Gasteiger partial charge in [0.25, 0.3) is 0 Å². The third-order valence-corrected chi connectivity index (χ3v) is 5.30. The quantitative estimate of drug-likeness (QED) is 0.528. The van der Waals surface area contributed by atoms with Crippen molar-refractivity contribution in [3.05, 3.63) is 60.2 Å². The molecule has 8 heteroatoms. The largest absolute Gasteiger partial charge is 0.356 e. The molecule has 0 bridgehead atoms. The molecule has 1 aromatic carbocycles. The van der Waals surface area contributed by atoms with Gasteiger partial charge in [-0.1, -0.05) is 28.5 Å². The minimum absolute atomic E-state index is 0.0576. The Bertz CT molecular complexity index is 1130. The molecule has 4 aromatic rings. The molecular formula is C21H19N5O3. The van der Waals surface area contributed by atoms with Crippen LogP contribution in [0.25, 0.3) is 22.5 Å². The SMILES string of the molecule is O=C(Cc1noc2ccccc12)N1CCC(c2nc(-c3ccccn3)no2)CC1. The Kier molecular flexibility index (Phi) is 4.51. The summed E-state index contributed by atoms with van der Waals surface area (Å²) in [5.74, 6) is 1.32. The van der Waals surface area contributed by atoms with E-state index in [9.17, 15) is 4.79 Å². The number of amides is 1. The van der Waals surface area contributed by atoms with Crippen LogP contribution in [0.15, 0.2) is 57.7 Å². The highest BCUT2D eigenvalue weighted by molar-refractivity contribution is 5.86. The zero-order chi connectivity index (χ0) is 19.6. The smallest absolute Gasteiger partial charge is 0.230 e. The summed E-state index contributed by atoms with van der Waals surface area (Å²) in [6, 6.07) is 13.2. The molecule has 1 aliphatic heterocycles. The molecule has 1 aliphatic rings. The predicted molar refractivity (Wildman–Crippen MR) is 104 cm³/mol. The molecule has 0 spiro atoms. The van der Waals surface area contributed by atoms with Gasteiger partial charge in [-0.25, -0.2) is 0 Å². The zero-order valence-electron chi connectivity index (χ0n) is 15.7. The lowest BCUT2D eigenvalue weighted by Crippen LogP contribution is -2.38. The van der Waals surface area contributed by atoms with Crippen LogP contribution in [0.5, 0.6) is 0 Å². The average molecular weight is 389 g/mol. The van der Waals surface area contributed by atoms with Crippen LogP contribution in [0.4, 0.5) is 0 Å². The summed E-state index contributed by atoms with van der Waals surface area (Å²) < 4.78 is 10.8. The molecule has 8 nitrogen and oxygen atoms in total. The third-order valence-electron chi connectivity index (χ3n) is 5.30. The van der Waals surface area contributed by atoms with Crippen molar-refractivity contribution in [2.45, 2.75) is 25.2 Å². The molecule has 4 heterocycles. The summed E-state index contributed by atoms with van der Waals surface area (Å²) in [4.78, 5) is 23.3. The van der Waals surface area contributed by atoms with E-state index in [-0.39, 0.29) is 18.2 Å². The van der Waals surface area contributed by atoms with Gasteiger partial charge in [-0.15, -0.1) is 0 Å². The molecule has 146 valence electrons. The lowest BCUT2D eigenvalue weighted by atomic mass is 9.96. The Labute approximate surface area is 166 Å². The standard InChI is InChI=1S/C21H19N5O3/c27-19(13-17-15-5-1-2-7-18(15)28-24-17)26-11-8-14(9-12-26)21-23-20(25-29-21)16-6-3-4-10-22-16/h1-7,10,14H,8-9,11-13H2. The highest BCUT2D eigenvalue weighted by atomic mass is 16.5. The lowest BCUT2D eigenvalue weighted by molar-refractivity contribution is -0.131. The molecule has 1 amide bonds. The van der Waals surface area contributed by atoms with Crippen molar-refractivity contribution < 1.29 is 13.8 Å². The van der Waals surface area contributed by atoms with E-state index in [1.165, 1.54) is 0 Å². The minimum atomic E-state index is 0.0576. The van der Waals surface area contributed by atoms with Gasteiger partial charge in [0.15, 0.2) is 5.58 Å². The predicted octanol–water partition coefficient (Wildman–Crippen LogP) is 3.22. The second-order valence-corrected chi connectivity index (χ2v) is 7.13. The minimum Gasteiger partial charge on any atom is -0.356 e. The normalized spacial score (nSPS) is 15.1. The molecule has 0 saturated carbocycles. The first-order valence-electron chi connectivity index (χ1n) is 9.64. The van der Waals surface area contributed by atoms with Crippen molar-refractivity contribution in [1.82, 2.24) is 25.2 Å². The summed E-state index contributed by atoms with van der Waals surface area (Å²) in [5, 5.41) is 9.00. The average Bonchev–Trinajstić information content (AvgIpc) is 3.43. The highest BCUT2D eigenvalue weighted by Gasteiger charge is 2.28. The van der Waals surface area contributed by atoms with Gasteiger partial charge in [0, 0.05) is 30.6 Å². The van der Waals surface area contributed by atoms with E-state index in [0.29, 0.717) is 41.8 Å². The number of benzene rings is 1. The van der Waals surface area contributed by atoms with Crippen LogP contribution in [0, 0.1) is 0 Å². The van der Waals surface area contributed by atoms with E-state index < -0.39 is 0 Å². The van der Waals surface area contributed by atoms with Crippen LogP contribution in [0.1, 0.15) is 30.3 Å². The Morgan fingerprint density at radius 2 is 1.86 bits per heavy atom. The molecule has 1 saturated heterocycles. The third kappa shape index (κ3) is 3.49. The van der Waals surface area contributed by atoms with E-state index in [1.807, 2.05) is 47.4 Å². The topological polar surface area (TPSA) is 98.2 Å². The van der Waals surface area contributed by atoms with E-state index in [0.717, 1.165) is 18.2 Å². The van der Waals surface area contributed by atoms with Crippen molar-refractivity contribution in [3.8, 4) is 11.5 Å². The molecule has 1 fully saturated rings. The number of piperidine rings is 1. The maximum atomic E-state index is 12.7. The molecule has 3 aromatic heterocycles. The first-order valence-corrected chi connectivity index (χ1v) is 9.64. The summed E-state index contributed by atoms with van der Waals surface area (Å²) in [6.07, 6.45) is 3.52. The van der Waals surface area contributed by atoms with Crippen LogP contribution in [0.2, 0.25) is 0 Å². The van der Waals surface area contributed by atoms with Crippen LogP contribution in [0.3, 0.4) is 0 Å². The number of carbonyl (C=O) groups excluding carboxylic acids is 1. The van der Waals surface area contributed by atoms with Gasteiger partial charge in [0.1, 0.15) is 11.4 Å². The van der Waals surface area contributed by atoms with Crippen molar-refractivity contribution in [2.75, 3.05) is 13.1 Å². The van der Waals surface area contributed by atoms with Gasteiger partial charge in [0.2, 0.25) is 17.6 Å². The van der Waals surface area contributed by atoms with Crippen LogP contribution < -0.4 is 0 Å². The number of aromatic nitrogens is 4. The number of fused-ring (bicyclic) bond motifs is 1. The number of hydrogen-bond donors (Lipinski definition) is 0. The van der Waals surface area contributed by atoms with Gasteiger partial charge >= 0.3 is 0 Å². The Morgan fingerprint density at radius 3 is 2.69 bits per heavy atom. The number of hydrogen-bond acceptors (Lipinski definition) is 7. The highest BCUT2D eigenvalue weighted by Crippen LogP contribution is 2.28. The van der Waals surface area contributed by atoms with Crippen molar-refractivity contribution in [3.63, 3.8) is 0 Å². The number of carbonyl (C=O) groups is 1. The second kappa shape index (κ2) is 7.46. The Morgan fingerprint density at radius 1 is 1.03 bits per heavy atom. The summed E-state index contributed by atoms with van der Waals surface area (Å²) in [7, 11) is 0. The van der Waals surface area contributed by atoms with Crippen LogP contribution in [-0.2, 0) is 11.2 Å². The summed E-state index contributed by atoms with van der Waals surface area (Å²) in [5.41, 5.74) is 2.08. The van der Waals surface area contributed by atoms with Gasteiger partial charge < -0.3 is 13.9 Å². The number of pyridine rings is 1. The lowest BCUT2D eigenvalue weighted by Gasteiger charge is -2.30. The molecule has 0 aliphatic carbocycles. The van der Waals surface area contributed by atoms with Crippen molar-refractivity contribution in [2.24, 2.45) is 0 Å². The fraction of sp³-hybridized carbons (Fsp3) is 0.286. The van der Waals surface area contributed by atoms with E-state index >= 15 is 0 Å². The molecule has 0 radical (unpaired) electrons. The van der Waals surface area contributed by atoms with E-state index in [1.54, 1.807) is 6.20 Å². The van der Waals surface area contributed by atoms with Gasteiger partial charge in [-0.3, -0.25) is 9.78 Å². The maximum Gasteiger partial charge on any atom is 0.230 e. The maximum absolute atomic E-state index is 12.7. The zero-order valence-corrected chi connectivity index (χ0v) is 15.7. The molecule has 5 rings (SSSR count). The number of para-hydroxylation sites is 1. The molecule has 0 atom stereocenters. The molecule has 0 N–H and O–H groups in total. The van der Waals surface area contributed by atoms with Crippen LogP contribution >= 0.6 is 0 Å².